The van der Waals surface area contributed by atoms with E-state index in [0.717, 1.165) is 26.2 Å². The third-order valence-electron chi connectivity index (χ3n) is 4.17. The second-order valence-corrected chi connectivity index (χ2v) is 5.40. The Bertz CT molecular complexity index is 535. The molecule has 1 aromatic carbocycles. The monoisotopic (exact) mass is 282 g/mol. The Morgan fingerprint density at radius 3 is 2.38 bits per heavy atom. The molecule has 0 radical (unpaired) electrons. The molecule has 0 bridgehead atoms. The van der Waals surface area contributed by atoms with E-state index in [1.54, 1.807) is 0 Å². The maximum absolute atomic E-state index is 6.00. The van der Waals surface area contributed by atoms with Crippen LogP contribution < -0.4 is 10.6 Å². The maximum Gasteiger partial charge on any atom is 0.0487 e. The predicted octanol–water partition coefficient (Wildman–Crippen LogP) is 1.90. The van der Waals surface area contributed by atoms with Crippen molar-refractivity contribution in [2.75, 3.05) is 37.6 Å². The first-order chi connectivity index (χ1) is 10.4. The van der Waals surface area contributed by atoms with Crippen LogP contribution in [0.1, 0.15) is 11.6 Å². The highest BCUT2D eigenvalue weighted by molar-refractivity contribution is 5.46. The van der Waals surface area contributed by atoms with Gasteiger partial charge in [-0.2, -0.15) is 0 Å². The molecule has 2 N–H and O–H groups in total. The van der Waals surface area contributed by atoms with Crippen molar-refractivity contribution in [2.24, 2.45) is 5.73 Å². The molecule has 3 rings (SSSR count). The van der Waals surface area contributed by atoms with Gasteiger partial charge in [0.2, 0.25) is 0 Å². The number of anilines is 1. The number of hydrogen-bond donors (Lipinski definition) is 1. The summed E-state index contributed by atoms with van der Waals surface area (Å²) in [6.45, 7) is 4.79. The highest BCUT2D eigenvalue weighted by atomic mass is 15.3. The van der Waals surface area contributed by atoms with Crippen molar-refractivity contribution >= 4 is 5.69 Å². The molecule has 1 atom stereocenters. The van der Waals surface area contributed by atoms with Gasteiger partial charge in [-0.05, 0) is 23.8 Å². The lowest BCUT2D eigenvalue weighted by atomic mass is 10.1. The summed E-state index contributed by atoms with van der Waals surface area (Å²) in [6.07, 6.45) is 3.74. The van der Waals surface area contributed by atoms with Crippen LogP contribution in [0.15, 0.2) is 54.9 Å². The number of pyridine rings is 1. The number of nitrogens with two attached hydrogens (primary N) is 1. The van der Waals surface area contributed by atoms with Crippen LogP contribution in [0, 0.1) is 0 Å². The van der Waals surface area contributed by atoms with Crippen molar-refractivity contribution in [2.45, 2.75) is 6.04 Å². The van der Waals surface area contributed by atoms with Gasteiger partial charge in [-0.15, -0.1) is 0 Å². The molecule has 0 aliphatic carbocycles. The molecule has 1 fully saturated rings. The fourth-order valence-corrected chi connectivity index (χ4v) is 3.00. The van der Waals surface area contributed by atoms with Crippen molar-refractivity contribution in [3.8, 4) is 0 Å². The molecule has 0 amide bonds. The largest absolute Gasteiger partial charge is 0.369 e. The van der Waals surface area contributed by atoms with Gasteiger partial charge in [0.1, 0.15) is 0 Å². The van der Waals surface area contributed by atoms with Crippen LogP contribution in [0.4, 0.5) is 5.69 Å². The van der Waals surface area contributed by atoms with Gasteiger partial charge in [0.15, 0.2) is 0 Å². The Hall–Kier alpha value is -1.91. The molecule has 0 spiro atoms. The van der Waals surface area contributed by atoms with E-state index in [2.05, 4.69) is 51.2 Å². The van der Waals surface area contributed by atoms with Gasteiger partial charge in [-0.3, -0.25) is 9.88 Å². The van der Waals surface area contributed by atoms with Crippen LogP contribution in [0.2, 0.25) is 0 Å². The molecule has 1 aliphatic rings. The van der Waals surface area contributed by atoms with E-state index in [0.29, 0.717) is 6.54 Å². The minimum Gasteiger partial charge on any atom is -0.369 e. The number of para-hydroxylation sites is 1. The van der Waals surface area contributed by atoms with E-state index in [-0.39, 0.29) is 6.04 Å². The lowest BCUT2D eigenvalue weighted by Gasteiger charge is -2.40. The lowest BCUT2D eigenvalue weighted by molar-refractivity contribution is 0.190. The summed E-state index contributed by atoms with van der Waals surface area (Å²) in [5.41, 5.74) is 8.52. The van der Waals surface area contributed by atoms with Gasteiger partial charge in [0, 0.05) is 56.8 Å². The summed E-state index contributed by atoms with van der Waals surface area (Å²) in [7, 11) is 0. The van der Waals surface area contributed by atoms with Crippen LogP contribution in [-0.2, 0) is 0 Å². The molecule has 1 unspecified atom stereocenters. The normalized spacial score (nSPS) is 17.7. The van der Waals surface area contributed by atoms with E-state index >= 15 is 0 Å². The van der Waals surface area contributed by atoms with Crippen LogP contribution in [0.25, 0.3) is 0 Å². The quantitative estimate of drug-likeness (QED) is 0.930. The third-order valence-corrected chi connectivity index (χ3v) is 4.17. The van der Waals surface area contributed by atoms with Crippen molar-refractivity contribution in [1.82, 2.24) is 9.88 Å². The molecule has 21 heavy (non-hydrogen) atoms. The van der Waals surface area contributed by atoms with Crippen molar-refractivity contribution < 1.29 is 0 Å². The highest BCUT2D eigenvalue weighted by Crippen LogP contribution is 2.22. The van der Waals surface area contributed by atoms with E-state index in [1.165, 1.54) is 11.3 Å². The smallest absolute Gasteiger partial charge is 0.0487 e. The zero-order valence-corrected chi connectivity index (χ0v) is 12.2. The Morgan fingerprint density at radius 2 is 1.76 bits per heavy atom. The van der Waals surface area contributed by atoms with Gasteiger partial charge in [0.25, 0.3) is 0 Å². The first-order valence-corrected chi connectivity index (χ1v) is 7.52. The minimum atomic E-state index is 0.275. The zero-order valence-electron chi connectivity index (χ0n) is 12.2. The molecule has 4 heteroatoms. The molecule has 0 saturated carbocycles. The van der Waals surface area contributed by atoms with Gasteiger partial charge < -0.3 is 10.6 Å². The van der Waals surface area contributed by atoms with E-state index < -0.39 is 0 Å². The fourth-order valence-electron chi connectivity index (χ4n) is 3.00. The molecule has 1 aromatic heterocycles. The van der Waals surface area contributed by atoms with Gasteiger partial charge in [-0.25, -0.2) is 0 Å². The van der Waals surface area contributed by atoms with Crippen LogP contribution in [0.3, 0.4) is 0 Å². The Morgan fingerprint density at radius 1 is 1.00 bits per heavy atom. The Balaban J connectivity index is 1.65. The second-order valence-electron chi connectivity index (χ2n) is 5.40. The van der Waals surface area contributed by atoms with Crippen molar-refractivity contribution in [1.29, 1.82) is 0 Å². The van der Waals surface area contributed by atoms with Gasteiger partial charge >= 0.3 is 0 Å². The van der Waals surface area contributed by atoms with E-state index in [9.17, 15) is 0 Å². The molecule has 2 heterocycles. The average molecular weight is 282 g/mol. The zero-order chi connectivity index (χ0) is 14.5. The molecule has 2 aromatic rings. The Kier molecular flexibility index (Phi) is 4.48. The average Bonchev–Trinajstić information content (AvgIpc) is 2.58. The summed E-state index contributed by atoms with van der Waals surface area (Å²) >= 11 is 0. The van der Waals surface area contributed by atoms with E-state index in [1.807, 2.05) is 18.5 Å². The molecule has 1 aliphatic heterocycles. The number of nitrogens with zero attached hydrogens (tertiary/aromatic N) is 3. The first kappa shape index (κ1) is 14.0. The molecular formula is C17H22N4. The van der Waals surface area contributed by atoms with Crippen molar-refractivity contribution in [3.63, 3.8) is 0 Å². The molecule has 110 valence electrons. The minimum absolute atomic E-state index is 0.275. The van der Waals surface area contributed by atoms with Gasteiger partial charge in [-0.1, -0.05) is 24.3 Å². The topological polar surface area (TPSA) is 45.4 Å². The molecule has 4 nitrogen and oxygen atoms in total. The standard InChI is InChI=1S/C17H22N4/c18-13-17(15-5-4-8-19-14-15)21-11-9-20(10-12-21)16-6-2-1-3-7-16/h1-8,14,17H,9-13,18H2. The Labute approximate surface area is 126 Å². The van der Waals surface area contributed by atoms with Crippen LogP contribution >= 0.6 is 0 Å². The van der Waals surface area contributed by atoms with Crippen LogP contribution in [-0.4, -0.2) is 42.6 Å². The predicted molar refractivity (Wildman–Crippen MR) is 86.3 cm³/mol. The summed E-state index contributed by atoms with van der Waals surface area (Å²) in [4.78, 5) is 9.12. The van der Waals surface area contributed by atoms with Gasteiger partial charge in [0.05, 0.1) is 0 Å². The highest BCUT2D eigenvalue weighted by Gasteiger charge is 2.24. The third kappa shape index (κ3) is 3.23. The number of piperazine rings is 1. The first-order valence-electron chi connectivity index (χ1n) is 7.52. The van der Waals surface area contributed by atoms with Crippen molar-refractivity contribution in [3.05, 3.63) is 60.4 Å². The maximum atomic E-state index is 6.00. The summed E-state index contributed by atoms with van der Waals surface area (Å²) in [5.74, 6) is 0. The molecular weight excluding hydrogens is 260 g/mol. The molecule has 1 saturated heterocycles. The lowest BCUT2D eigenvalue weighted by Crippen LogP contribution is -2.49. The number of rotatable bonds is 4. The summed E-state index contributed by atoms with van der Waals surface area (Å²) < 4.78 is 0. The van der Waals surface area contributed by atoms with E-state index in [4.69, 9.17) is 5.73 Å². The number of benzene rings is 1. The summed E-state index contributed by atoms with van der Waals surface area (Å²) in [5, 5.41) is 0. The number of hydrogen-bond acceptors (Lipinski definition) is 4. The second kappa shape index (κ2) is 6.70. The van der Waals surface area contributed by atoms with Crippen LogP contribution in [0.5, 0.6) is 0 Å². The summed E-state index contributed by atoms with van der Waals surface area (Å²) in [6, 6.07) is 15.0. The fraction of sp³-hybridized carbons (Fsp3) is 0.353. The SMILES string of the molecule is NCC(c1cccnc1)N1CCN(c2ccccc2)CC1. The number of aromatic nitrogens is 1.